The summed E-state index contributed by atoms with van der Waals surface area (Å²) < 4.78 is 41.2. The molecule has 1 N–H and O–H groups in total. The fourth-order valence-corrected chi connectivity index (χ4v) is 5.00. The first-order valence-corrected chi connectivity index (χ1v) is 11.8. The predicted molar refractivity (Wildman–Crippen MR) is 112 cm³/mol. The minimum atomic E-state index is -4.10. The molecule has 3 aromatic rings. The van der Waals surface area contributed by atoms with Gasteiger partial charge in [-0.1, -0.05) is 40.8 Å². The number of carbonyl (C=O) groups excluding carboxylic acids is 1. The predicted octanol–water partition coefficient (Wildman–Crippen LogP) is 3.54. The third-order valence-corrected chi connectivity index (χ3v) is 7.44. The zero-order chi connectivity index (χ0) is 21.0. The number of halogens is 1. The van der Waals surface area contributed by atoms with Crippen molar-refractivity contribution >= 4 is 49.8 Å². The number of aromatic nitrogens is 2. The highest BCUT2D eigenvalue weighted by molar-refractivity contribution is 8.00. The maximum Gasteiger partial charge on any atom is 0.264 e. The number of carbonyl (C=O) groups is 1. The molecule has 0 saturated heterocycles. The van der Waals surface area contributed by atoms with E-state index >= 15 is 0 Å². The Labute approximate surface area is 176 Å². The lowest BCUT2D eigenvalue weighted by atomic mass is 10.2. The van der Waals surface area contributed by atoms with E-state index in [0.717, 1.165) is 22.0 Å². The van der Waals surface area contributed by atoms with Gasteiger partial charge in [-0.3, -0.25) is 14.4 Å². The van der Waals surface area contributed by atoms with Crippen LogP contribution >= 0.6 is 23.1 Å². The molecule has 2 aromatic carbocycles. The van der Waals surface area contributed by atoms with E-state index in [9.17, 15) is 17.6 Å². The number of hydrogen-bond acceptors (Lipinski definition) is 7. The van der Waals surface area contributed by atoms with Gasteiger partial charge in [0.2, 0.25) is 11.0 Å². The highest BCUT2D eigenvalue weighted by Crippen LogP contribution is 2.26. The van der Waals surface area contributed by atoms with Crippen LogP contribution in [0.3, 0.4) is 0 Å². The zero-order valence-electron chi connectivity index (χ0n) is 15.5. The van der Waals surface area contributed by atoms with Gasteiger partial charge in [0.15, 0.2) is 4.34 Å². The Morgan fingerprint density at radius 1 is 1.14 bits per heavy atom. The monoisotopic (exact) mass is 452 g/mol. The Balaban J connectivity index is 1.91. The van der Waals surface area contributed by atoms with Crippen LogP contribution in [0.5, 0.6) is 0 Å². The van der Waals surface area contributed by atoms with Crippen molar-refractivity contribution in [2.45, 2.75) is 16.2 Å². The van der Waals surface area contributed by atoms with Gasteiger partial charge < -0.3 is 0 Å². The molecular formula is C18H17FN4O3S3. The van der Waals surface area contributed by atoms with E-state index < -0.39 is 28.3 Å². The molecule has 0 fully saturated rings. The lowest BCUT2D eigenvalue weighted by molar-refractivity contribution is -0.114. The van der Waals surface area contributed by atoms with Crippen LogP contribution in [0.15, 0.2) is 57.8 Å². The number of nitrogens with one attached hydrogen (secondary N) is 1. The Morgan fingerprint density at radius 3 is 2.38 bits per heavy atom. The zero-order valence-corrected chi connectivity index (χ0v) is 17.9. The first kappa shape index (κ1) is 21.2. The topological polar surface area (TPSA) is 92.3 Å². The Bertz CT molecular complexity index is 1100. The van der Waals surface area contributed by atoms with Gasteiger partial charge in [-0.2, -0.15) is 0 Å². The first-order chi connectivity index (χ1) is 13.8. The number of benzene rings is 2. The summed E-state index contributed by atoms with van der Waals surface area (Å²) in [5.74, 6) is -1.12. The highest BCUT2D eigenvalue weighted by atomic mass is 32.2. The van der Waals surface area contributed by atoms with Crippen LogP contribution in [-0.4, -0.2) is 37.3 Å². The quantitative estimate of drug-likeness (QED) is 0.435. The number of rotatable bonds is 7. The van der Waals surface area contributed by atoms with Crippen molar-refractivity contribution in [1.82, 2.24) is 10.2 Å². The Hall–Kier alpha value is -2.50. The van der Waals surface area contributed by atoms with Gasteiger partial charge in [0.1, 0.15) is 12.4 Å². The smallest absolute Gasteiger partial charge is 0.264 e. The molecule has 11 heteroatoms. The molecule has 0 bridgehead atoms. The van der Waals surface area contributed by atoms with Gasteiger partial charge in [-0.15, -0.1) is 10.2 Å². The molecule has 0 saturated carbocycles. The van der Waals surface area contributed by atoms with E-state index in [1.54, 1.807) is 24.3 Å². The summed E-state index contributed by atoms with van der Waals surface area (Å²) in [6.07, 6.45) is 1.83. The molecular weight excluding hydrogens is 435 g/mol. The number of amides is 1. The van der Waals surface area contributed by atoms with Crippen molar-refractivity contribution < 1.29 is 17.6 Å². The summed E-state index contributed by atoms with van der Waals surface area (Å²) in [5, 5.41) is 10.6. The molecule has 0 aliphatic heterocycles. The molecule has 0 spiro atoms. The third-order valence-electron chi connectivity index (χ3n) is 3.84. The summed E-state index contributed by atoms with van der Waals surface area (Å²) in [5.41, 5.74) is 1.26. The number of anilines is 2. The van der Waals surface area contributed by atoms with Crippen molar-refractivity contribution in [3.63, 3.8) is 0 Å². The van der Waals surface area contributed by atoms with Gasteiger partial charge in [0.25, 0.3) is 10.0 Å². The fraction of sp³-hybridized carbons (Fsp3) is 0.167. The number of thioether (sulfide) groups is 1. The van der Waals surface area contributed by atoms with Crippen LogP contribution in [0.4, 0.5) is 15.2 Å². The molecule has 3 rings (SSSR count). The lowest BCUT2D eigenvalue weighted by Crippen LogP contribution is -2.38. The van der Waals surface area contributed by atoms with Crippen LogP contribution < -0.4 is 9.62 Å². The van der Waals surface area contributed by atoms with Crippen molar-refractivity contribution in [2.24, 2.45) is 0 Å². The number of hydrogen-bond donors (Lipinski definition) is 1. The van der Waals surface area contributed by atoms with Gasteiger partial charge >= 0.3 is 0 Å². The summed E-state index contributed by atoms with van der Waals surface area (Å²) in [4.78, 5) is 12.4. The molecule has 1 aromatic heterocycles. The van der Waals surface area contributed by atoms with Crippen LogP contribution in [0.25, 0.3) is 0 Å². The normalized spacial score (nSPS) is 11.3. The average molecular weight is 453 g/mol. The van der Waals surface area contributed by atoms with Gasteiger partial charge in [-0.25, -0.2) is 12.8 Å². The molecule has 0 aliphatic carbocycles. The second-order valence-electron chi connectivity index (χ2n) is 5.93. The molecule has 0 aliphatic rings. The Kier molecular flexibility index (Phi) is 6.50. The van der Waals surface area contributed by atoms with Crippen LogP contribution in [0.1, 0.15) is 5.56 Å². The van der Waals surface area contributed by atoms with Gasteiger partial charge in [0.05, 0.1) is 10.6 Å². The molecule has 0 unspecified atom stereocenters. The largest absolute Gasteiger partial charge is 0.299 e. The summed E-state index contributed by atoms with van der Waals surface area (Å²) in [6.45, 7) is 1.39. The lowest BCUT2D eigenvalue weighted by Gasteiger charge is -2.24. The van der Waals surface area contributed by atoms with E-state index in [4.69, 9.17) is 0 Å². The maximum atomic E-state index is 13.2. The minimum Gasteiger partial charge on any atom is -0.299 e. The molecule has 7 nitrogen and oxygen atoms in total. The highest BCUT2D eigenvalue weighted by Gasteiger charge is 2.27. The molecule has 0 radical (unpaired) electrons. The van der Waals surface area contributed by atoms with Crippen LogP contribution in [0.2, 0.25) is 0 Å². The van der Waals surface area contributed by atoms with Crippen LogP contribution in [0, 0.1) is 12.7 Å². The van der Waals surface area contributed by atoms with Gasteiger partial charge in [-0.05, 0) is 49.6 Å². The average Bonchev–Trinajstić information content (AvgIpc) is 3.14. The molecule has 29 heavy (non-hydrogen) atoms. The standard InChI is InChI=1S/C18H17FN4O3S3/c1-12-3-7-14(8-4-12)23(29(25,26)15-9-5-13(19)6-10-15)11-16(24)20-17-21-22-18(27-2)28-17/h3-10H,11H2,1-2H3,(H,20,21,24). The second kappa shape index (κ2) is 8.89. The van der Waals surface area contributed by atoms with Crippen molar-refractivity contribution in [3.05, 3.63) is 59.9 Å². The maximum absolute atomic E-state index is 13.2. The summed E-state index contributed by atoms with van der Waals surface area (Å²) in [6, 6.07) is 11.2. The third kappa shape index (κ3) is 5.11. The van der Waals surface area contributed by atoms with E-state index in [1.807, 2.05) is 13.2 Å². The first-order valence-electron chi connectivity index (χ1n) is 8.32. The molecule has 1 amide bonds. The van der Waals surface area contributed by atoms with Crippen molar-refractivity contribution in [2.75, 3.05) is 22.4 Å². The molecule has 0 atom stereocenters. The van der Waals surface area contributed by atoms with E-state index in [0.29, 0.717) is 10.0 Å². The summed E-state index contributed by atoms with van der Waals surface area (Å²) >= 11 is 2.58. The van der Waals surface area contributed by atoms with Crippen molar-refractivity contribution in [1.29, 1.82) is 0 Å². The van der Waals surface area contributed by atoms with Crippen molar-refractivity contribution in [3.8, 4) is 0 Å². The Morgan fingerprint density at radius 2 is 1.79 bits per heavy atom. The number of nitrogens with zero attached hydrogens (tertiary/aromatic N) is 3. The number of aryl methyl sites for hydroxylation is 1. The SMILES string of the molecule is CSc1nnc(NC(=O)CN(c2ccc(C)cc2)S(=O)(=O)c2ccc(F)cc2)s1. The van der Waals surface area contributed by atoms with E-state index in [2.05, 4.69) is 15.5 Å². The number of sulfonamides is 1. The van der Waals surface area contributed by atoms with Gasteiger partial charge in [0, 0.05) is 0 Å². The van der Waals surface area contributed by atoms with E-state index in [1.165, 1.54) is 35.2 Å². The van der Waals surface area contributed by atoms with Crippen LogP contribution in [-0.2, 0) is 14.8 Å². The molecule has 1 heterocycles. The second-order valence-corrected chi connectivity index (χ2v) is 9.82. The molecule has 152 valence electrons. The van der Waals surface area contributed by atoms with E-state index in [-0.39, 0.29) is 10.0 Å². The minimum absolute atomic E-state index is 0.118. The fourth-order valence-electron chi connectivity index (χ4n) is 2.39. The summed E-state index contributed by atoms with van der Waals surface area (Å²) in [7, 11) is -4.10.